The molecule has 270 valence electrons. The van der Waals surface area contributed by atoms with Crippen LogP contribution in [0.3, 0.4) is 0 Å². The van der Waals surface area contributed by atoms with Gasteiger partial charge in [0.05, 0.1) is 50.2 Å². The van der Waals surface area contributed by atoms with Gasteiger partial charge in [-0.3, -0.25) is 14.7 Å². The number of anilines is 1. The number of nitro groups is 1. The molecule has 0 saturated carbocycles. The van der Waals surface area contributed by atoms with Crippen molar-refractivity contribution >= 4 is 27.9 Å². The van der Waals surface area contributed by atoms with Gasteiger partial charge in [-0.2, -0.15) is 4.98 Å². The molecule has 3 N–H and O–H groups in total. The molecule has 0 amide bonds. The normalized spacial score (nSPS) is 23.3. The maximum atomic E-state index is 13.6. The molecule has 2 aromatic rings. The van der Waals surface area contributed by atoms with E-state index in [0.717, 1.165) is 0 Å². The average molecular weight is 707 g/mol. The number of hydrogen-bond donors (Lipinski definition) is 2. The minimum absolute atomic E-state index is 0.00456. The number of nitrogens with zero attached hydrogens (tertiary/aromatic N) is 3. The summed E-state index contributed by atoms with van der Waals surface area (Å²) in [5.41, 5.74) is 3.24. The van der Waals surface area contributed by atoms with Crippen LogP contribution in [0.4, 0.5) is 11.5 Å². The van der Waals surface area contributed by atoms with E-state index in [0.29, 0.717) is 11.3 Å². The van der Waals surface area contributed by atoms with Crippen LogP contribution in [0, 0.1) is 15.5 Å². The van der Waals surface area contributed by atoms with Gasteiger partial charge in [0.15, 0.2) is 14.0 Å². The predicted octanol–water partition coefficient (Wildman–Crippen LogP) is 6.79. The summed E-state index contributed by atoms with van der Waals surface area (Å²) in [4.78, 5) is 29.4. The summed E-state index contributed by atoms with van der Waals surface area (Å²) in [5.74, 6) is 0.483. The molecule has 2 heterocycles. The molecule has 12 nitrogen and oxygen atoms in total. The van der Waals surface area contributed by atoms with Crippen molar-refractivity contribution in [1.29, 1.82) is 0 Å². The number of hydrogen-bond acceptors (Lipinski definition) is 10. The fraction of sp³-hybridized carbons (Fsp3) is 0.706. The highest BCUT2D eigenvalue weighted by molar-refractivity contribution is 6.83. The van der Waals surface area contributed by atoms with Crippen molar-refractivity contribution < 1.29 is 28.7 Å². The number of ether oxygens (including phenoxy) is 3. The van der Waals surface area contributed by atoms with E-state index in [1.54, 1.807) is 6.07 Å². The third-order valence-electron chi connectivity index (χ3n) is 11.0. The minimum atomic E-state index is -2.70. The Bertz CT molecular complexity index is 1540. The highest BCUT2D eigenvalue weighted by Crippen LogP contribution is 2.54. The van der Waals surface area contributed by atoms with Crippen molar-refractivity contribution in [1.82, 2.24) is 9.55 Å². The van der Waals surface area contributed by atoms with Crippen molar-refractivity contribution in [2.45, 2.75) is 128 Å². The van der Waals surface area contributed by atoms with E-state index in [9.17, 15) is 20.0 Å². The zero-order valence-corrected chi connectivity index (χ0v) is 33.4. The van der Waals surface area contributed by atoms with E-state index in [1.807, 2.05) is 20.8 Å². The Hall–Kier alpha value is -2.63. The second-order valence-corrected chi connectivity index (χ2v) is 27.8. The topological polar surface area (TPSA) is 161 Å². The maximum absolute atomic E-state index is 13.6. The second kappa shape index (κ2) is 13.3. The molecule has 0 aliphatic carbocycles. The molecule has 0 spiro atoms. The van der Waals surface area contributed by atoms with Crippen LogP contribution in [-0.4, -0.2) is 67.6 Å². The van der Waals surface area contributed by atoms with Crippen molar-refractivity contribution in [2.24, 2.45) is 5.41 Å². The summed E-state index contributed by atoms with van der Waals surface area (Å²) < 4.78 is 27.1. The molecule has 1 fully saturated rings. The summed E-state index contributed by atoms with van der Waals surface area (Å²) in [6.45, 7) is 27.0. The lowest BCUT2D eigenvalue weighted by Gasteiger charge is -2.50. The first kappa shape index (κ1) is 39.8. The van der Waals surface area contributed by atoms with Crippen LogP contribution in [0.1, 0.15) is 80.4 Å². The summed E-state index contributed by atoms with van der Waals surface area (Å²) in [6.07, 6.45) is -0.142. The lowest BCUT2D eigenvalue weighted by atomic mass is 9.83. The zero-order chi connectivity index (χ0) is 36.9. The predicted molar refractivity (Wildman–Crippen MR) is 193 cm³/mol. The Balaban J connectivity index is 2.26. The number of nitrogens with two attached hydrogens (primary N) is 1. The van der Waals surface area contributed by atoms with E-state index >= 15 is 0 Å². The number of nitrogen functional groups attached to an aromatic ring is 1. The molecule has 0 bridgehead atoms. The van der Waals surface area contributed by atoms with Crippen molar-refractivity contribution in [3.63, 3.8) is 0 Å². The SMILES string of the molecule is COc1ccc([N+](=O)[O-])c([C@@H](OC[C@]2(n3ccc(N)nc3=O)C[C@@](O)([Si](C)(C)C(C)(C)C)[C@@H](CO[Si](C)(C)C(C)(C)C)O2)C(C)(C)C)c1. The molecular weight excluding hydrogens is 649 g/mol. The number of aliphatic hydroxyl groups is 1. The minimum Gasteiger partial charge on any atom is -0.497 e. The van der Waals surface area contributed by atoms with Crippen LogP contribution in [-0.2, 0) is 19.6 Å². The molecule has 4 atom stereocenters. The lowest BCUT2D eigenvalue weighted by Crippen LogP contribution is -2.65. The van der Waals surface area contributed by atoms with Gasteiger partial charge < -0.3 is 29.5 Å². The van der Waals surface area contributed by atoms with Crippen LogP contribution in [0.25, 0.3) is 0 Å². The van der Waals surface area contributed by atoms with Gasteiger partial charge >= 0.3 is 5.69 Å². The van der Waals surface area contributed by atoms with Crippen molar-refractivity contribution in [3.8, 4) is 5.75 Å². The molecule has 3 rings (SSSR count). The molecule has 1 aliphatic rings. The largest absolute Gasteiger partial charge is 0.497 e. The average Bonchev–Trinajstić information content (AvgIpc) is 3.23. The van der Waals surface area contributed by atoms with Gasteiger partial charge in [0, 0.05) is 18.7 Å². The van der Waals surface area contributed by atoms with Gasteiger partial charge in [-0.25, -0.2) is 4.79 Å². The Labute approximate surface area is 287 Å². The number of rotatable bonds is 11. The Morgan fingerprint density at radius 3 is 2.19 bits per heavy atom. The van der Waals surface area contributed by atoms with Crippen molar-refractivity contribution in [2.75, 3.05) is 26.1 Å². The smallest absolute Gasteiger partial charge is 0.351 e. The molecule has 1 aromatic carbocycles. The molecule has 1 saturated heterocycles. The molecule has 0 radical (unpaired) electrons. The fourth-order valence-electron chi connectivity index (χ4n) is 5.96. The molecule has 1 aliphatic heterocycles. The zero-order valence-electron chi connectivity index (χ0n) is 31.4. The van der Waals surface area contributed by atoms with Crippen molar-refractivity contribution in [3.05, 3.63) is 56.6 Å². The van der Waals surface area contributed by atoms with E-state index in [4.69, 9.17) is 24.4 Å². The molecule has 48 heavy (non-hydrogen) atoms. The second-order valence-electron chi connectivity index (χ2n) is 17.3. The van der Waals surface area contributed by atoms with Crippen LogP contribution < -0.4 is 16.2 Å². The van der Waals surface area contributed by atoms with Gasteiger partial charge in [-0.15, -0.1) is 0 Å². The van der Waals surface area contributed by atoms with E-state index in [2.05, 4.69) is 72.7 Å². The monoisotopic (exact) mass is 706 g/mol. The summed E-state index contributed by atoms with van der Waals surface area (Å²) in [6, 6.07) is 6.05. The fourth-order valence-corrected chi connectivity index (χ4v) is 9.93. The standard InChI is InChI=1S/C34H58N4O8Si2/c1-30(2,3)28(24-19-23(43-10)15-16-25(24)38(41)42)44-22-33(37-18-17-27(35)36-29(37)39)21-34(40,47(11,12)31(4,5)6)26(46-33)20-45-48(13,14)32(7,8)9/h15-19,26,28,40H,20-22H2,1-14H3,(H2,35,36,39)/t26-,28-,33+,34-/m1/s1. The van der Waals surface area contributed by atoms with Gasteiger partial charge in [0.2, 0.25) is 0 Å². The van der Waals surface area contributed by atoms with Gasteiger partial charge in [0.25, 0.3) is 5.69 Å². The first-order valence-electron chi connectivity index (χ1n) is 16.5. The number of aromatic nitrogens is 2. The van der Waals surface area contributed by atoms with E-state index in [-0.39, 0.29) is 41.2 Å². The maximum Gasteiger partial charge on any atom is 0.351 e. The first-order valence-corrected chi connectivity index (χ1v) is 22.4. The third kappa shape index (κ3) is 7.58. The van der Waals surface area contributed by atoms with Gasteiger partial charge in [0.1, 0.15) is 17.7 Å². The molecular formula is C34H58N4O8Si2. The Kier molecular flexibility index (Phi) is 11.0. The summed E-state index contributed by atoms with van der Waals surface area (Å²) >= 11 is 0. The first-order chi connectivity index (χ1) is 21.6. The molecule has 0 unspecified atom stereocenters. The molecule has 1 aromatic heterocycles. The summed E-state index contributed by atoms with van der Waals surface area (Å²) in [7, 11) is -3.50. The number of methoxy groups -OCH3 is 1. The molecule has 14 heteroatoms. The quantitative estimate of drug-likeness (QED) is 0.145. The van der Waals surface area contributed by atoms with Crippen LogP contribution in [0.5, 0.6) is 5.75 Å². The Morgan fingerprint density at radius 2 is 1.71 bits per heavy atom. The lowest BCUT2D eigenvalue weighted by molar-refractivity contribution is -0.386. The third-order valence-corrected chi connectivity index (χ3v) is 22.0. The number of nitro benzene ring substituents is 1. The Morgan fingerprint density at radius 1 is 1.10 bits per heavy atom. The highest BCUT2D eigenvalue weighted by Gasteiger charge is 2.66. The van der Waals surface area contributed by atoms with Crippen LogP contribution >= 0.6 is 0 Å². The number of benzene rings is 1. The van der Waals surface area contributed by atoms with Gasteiger partial charge in [-0.05, 0) is 46.8 Å². The summed E-state index contributed by atoms with van der Waals surface area (Å²) in [5, 5.41) is 23.5. The van der Waals surface area contributed by atoms with E-state index < -0.39 is 55.6 Å². The highest BCUT2D eigenvalue weighted by atomic mass is 28.4. The van der Waals surface area contributed by atoms with Crippen LogP contribution in [0.2, 0.25) is 36.3 Å². The van der Waals surface area contributed by atoms with Gasteiger partial charge in [-0.1, -0.05) is 75.4 Å². The van der Waals surface area contributed by atoms with Crippen LogP contribution in [0.15, 0.2) is 35.3 Å². The van der Waals surface area contributed by atoms with E-state index in [1.165, 1.54) is 36.1 Å².